The van der Waals surface area contributed by atoms with Crippen LogP contribution >= 0.6 is 23.2 Å². The summed E-state index contributed by atoms with van der Waals surface area (Å²) in [6.45, 7) is 3.62. The number of allylic oxidation sites excluding steroid dienone is 1. The van der Waals surface area contributed by atoms with Gasteiger partial charge in [-0.15, -0.1) is 6.58 Å². The van der Waals surface area contributed by atoms with Crippen molar-refractivity contribution in [3.8, 4) is 0 Å². The summed E-state index contributed by atoms with van der Waals surface area (Å²) in [6, 6.07) is 5.10. The van der Waals surface area contributed by atoms with E-state index in [9.17, 15) is 4.79 Å². The van der Waals surface area contributed by atoms with E-state index in [1.165, 1.54) is 7.11 Å². The molecule has 0 spiro atoms. The second kappa shape index (κ2) is 5.92. The number of benzene rings is 1. The molecular formula is C12H12Cl2O2. The zero-order chi connectivity index (χ0) is 12.1. The lowest BCUT2D eigenvalue weighted by atomic mass is 9.96. The lowest BCUT2D eigenvalue weighted by Crippen LogP contribution is -2.13. The predicted molar refractivity (Wildman–Crippen MR) is 66.0 cm³/mol. The fourth-order valence-electron chi connectivity index (χ4n) is 1.41. The minimum atomic E-state index is -0.378. The molecule has 1 atom stereocenters. The third-order valence-electron chi connectivity index (χ3n) is 2.23. The van der Waals surface area contributed by atoms with Gasteiger partial charge in [0.15, 0.2) is 0 Å². The maximum Gasteiger partial charge on any atom is 0.313 e. The topological polar surface area (TPSA) is 26.3 Å². The first-order chi connectivity index (χ1) is 7.60. The molecule has 86 valence electrons. The quantitative estimate of drug-likeness (QED) is 0.606. The van der Waals surface area contributed by atoms with Crippen molar-refractivity contribution in [2.45, 2.75) is 12.3 Å². The first kappa shape index (κ1) is 13.1. The van der Waals surface area contributed by atoms with Crippen molar-refractivity contribution in [3.63, 3.8) is 0 Å². The fraction of sp³-hybridized carbons (Fsp3) is 0.250. The molecule has 1 aromatic rings. The standard InChI is InChI=1S/C12H12Cl2O2/c1-3-4-9(12(15)16-2)8-5-6-10(13)11(14)7-8/h3,5-7,9H,1,4H2,2H3/t9-/m1/s1. The molecule has 0 aliphatic carbocycles. The van der Waals surface area contributed by atoms with Gasteiger partial charge < -0.3 is 4.74 Å². The number of rotatable bonds is 4. The smallest absolute Gasteiger partial charge is 0.313 e. The molecule has 0 fully saturated rings. The highest BCUT2D eigenvalue weighted by Gasteiger charge is 2.20. The van der Waals surface area contributed by atoms with Crippen LogP contribution in [0.5, 0.6) is 0 Å². The van der Waals surface area contributed by atoms with Gasteiger partial charge in [0.05, 0.1) is 23.1 Å². The SMILES string of the molecule is C=CC[C@@H](C(=O)OC)c1ccc(Cl)c(Cl)c1. The Bertz CT molecular complexity index is 402. The van der Waals surface area contributed by atoms with Crippen LogP contribution in [0.15, 0.2) is 30.9 Å². The van der Waals surface area contributed by atoms with E-state index in [1.807, 2.05) is 0 Å². The second-order valence-electron chi connectivity index (χ2n) is 3.27. The van der Waals surface area contributed by atoms with E-state index in [0.717, 1.165) is 5.56 Å². The molecule has 1 rings (SSSR count). The summed E-state index contributed by atoms with van der Waals surface area (Å²) in [5.41, 5.74) is 0.779. The van der Waals surface area contributed by atoms with E-state index in [1.54, 1.807) is 24.3 Å². The number of carbonyl (C=O) groups is 1. The predicted octanol–water partition coefficient (Wildman–Crippen LogP) is 3.83. The van der Waals surface area contributed by atoms with Gasteiger partial charge >= 0.3 is 5.97 Å². The van der Waals surface area contributed by atoms with E-state index in [2.05, 4.69) is 6.58 Å². The summed E-state index contributed by atoms with van der Waals surface area (Å²) in [6.07, 6.45) is 2.18. The largest absolute Gasteiger partial charge is 0.469 e. The fourth-order valence-corrected chi connectivity index (χ4v) is 1.71. The zero-order valence-electron chi connectivity index (χ0n) is 8.87. The van der Waals surface area contributed by atoms with Gasteiger partial charge in [-0.1, -0.05) is 35.3 Å². The van der Waals surface area contributed by atoms with Gasteiger partial charge in [-0.2, -0.15) is 0 Å². The Balaban J connectivity index is 3.05. The molecule has 1 aromatic carbocycles. The van der Waals surface area contributed by atoms with E-state index < -0.39 is 0 Å². The van der Waals surface area contributed by atoms with E-state index in [-0.39, 0.29) is 11.9 Å². The third kappa shape index (κ3) is 3.00. The van der Waals surface area contributed by atoms with Crippen LogP contribution in [-0.2, 0) is 9.53 Å². The molecule has 2 nitrogen and oxygen atoms in total. The summed E-state index contributed by atoms with van der Waals surface area (Å²) in [4.78, 5) is 11.6. The molecule has 0 unspecified atom stereocenters. The Morgan fingerprint density at radius 3 is 2.69 bits per heavy atom. The maximum absolute atomic E-state index is 11.6. The molecule has 0 aromatic heterocycles. The Labute approximate surface area is 105 Å². The molecule has 0 aliphatic rings. The van der Waals surface area contributed by atoms with Crippen molar-refractivity contribution in [2.75, 3.05) is 7.11 Å². The number of carbonyl (C=O) groups excluding carboxylic acids is 1. The van der Waals surface area contributed by atoms with Gasteiger partial charge in [-0.05, 0) is 24.1 Å². The minimum absolute atomic E-state index is 0.307. The summed E-state index contributed by atoms with van der Waals surface area (Å²) >= 11 is 11.7. The molecule has 0 bridgehead atoms. The highest BCUT2D eigenvalue weighted by Crippen LogP contribution is 2.28. The van der Waals surface area contributed by atoms with Crippen molar-refractivity contribution >= 4 is 29.2 Å². The number of halogens is 2. The van der Waals surface area contributed by atoms with Crippen molar-refractivity contribution in [1.29, 1.82) is 0 Å². The van der Waals surface area contributed by atoms with Crippen molar-refractivity contribution in [3.05, 3.63) is 46.5 Å². The summed E-state index contributed by atoms with van der Waals surface area (Å²) in [7, 11) is 1.36. The average Bonchev–Trinajstić information content (AvgIpc) is 2.29. The lowest BCUT2D eigenvalue weighted by Gasteiger charge is -2.13. The number of esters is 1. The van der Waals surface area contributed by atoms with Crippen LogP contribution in [0, 0.1) is 0 Å². The molecule has 0 N–H and O–H groups in total. The first-order valence-electron chi connectivity index (χ1n) is 4.73. The van der Waals surface area contributed by atoms with Crippen LogP contribution in [0.1, 0.15) is 17.9 Å². The van der Waals surface area contributed by atoms with Crippen molar-refractivity contribution < 1.29 is 9.53 Å². The molecule has 0 saturated heterocycles. The Morgan fingerprint density at radius 1 is 1.50 bits per heavy atom. The van der Waals surface area contributed by atoms with Crippen LogP contribution in [0.25, 0.3) is 0 Å². The molecule has 16 heavy (non-hydrogen) atoms. The van der Waals surface area contributed by atoms with Crippen LogP contribution in [0.4, 0.5) is 0 Å². The Kier molecular flexibility index (Phi) is 4.84. The van der Waals surface area contributed by atoms with Gasteiger partial charge in [0, 0.05) is 0 Å². The number of hydrogen-bond acceptors (Lipinski definition) is 2. The second-order valence-corrected chi connectivity index (χ2v) is 4.09. The maximum atomic E-state index is 11.6. The molecule has 0 amide bonds. The zero-order valence-corrected chi connectivity index (χ0v) is 10.4. The number of methoxy groups -OCH3 is 1. The van der Waals surface area contributed by atoms with Gasteiger partial charge in [-0.3, -0.25) is 4.79 Å². The highest BCUT2D eigenvalue weighted by molar-refractivity contribution is 6.42. The van der Waals surface area contributed by atoms with Gasteiger partial charge in [-0.25, -0.2) is 0 Å². The van der Waals surface area contributed by atoms with Crippen LogP contribution in [-0.4, -0.2) is 13.1 Å². The van der Waals surface area contributed by atoms with Gasteiger partial charge in [0.2, 0.25) is 0 Å². The molecule has 0 saturated carbocycles. The van der Waals surface area contributed by atoms with E-state index in [0.29, 0.717) is 16.5 Å². The number of ether oxygens (including phenoxy) is 1. The molecule has 0 heterocycles. The average molecular weight is 259 g/mol. The lowest BCUT2D eigenvalue weighted by molar-refractivity contribution is -0.142. The summed E-state index contributed by atoms with van der Waals surface area (Å²) in [5, 5.41) is 0.893. The van der Waals surface area contributed by atoms with E-state index in [4.69, 9.17) is 27.9 Å². The molecule has 4 heteroatoms. The molecule has 0 aliphatic heterocycles. The minimum Gasteiger partial charge on any atom is -0.469 e. The van der Waals surface area contributed by atoms with Crippen LogP contribution in [0.3, 0.4) is 0 Å². The third-order valence-corrected chi connectivity index (χ3v) is 2.97. The van der Waals surface area contributed by atoms with E-state index >= 15 is 0 Å². The highest BCUT2D eigenvalue weighted by atomic mass is 35.5. The molecule has 0 radical (unpaired) electrons. The Hall–Kier alpha value is -0.990. The summed E-state index contributed by atoms with van der Waals surface area (Å²) in [5.74, 6) is -0.685. The van der Waals surface area contributed by atoms with Gasteiger partial charge in [0.25, 0.3) is 0 Å². The van der Waals surface area contributed by atoms with Crippen LogP contribution in [0.2, 0.25) is 10.0 Å². The molecular weight excluding hydrogens is 247 g/mol. The van der Waals surface area contributed by atoms with Crippen LogP contribution < -0.4 is 0 Å². The van der Waals surface area contributed by atoms with Crippen molar-refractivity contribution in [2.24, 2.45) is 0 Å². The normalized spacial score (nSPS) is 11.9. The monoisotopic (exact) mass is 258 g/mol. The van der Waals surface area contributed by atoms with Gasteiger partial charge in [0.1, 0.15) is 0 Å². The summed E-state index contributed by atoms with van der Waals surface area (Å²) < 4.78 is 4.73. The van der Waals surface area contributed by atoms with Crippen molar-refractivity contribution in [1.82, 2.24) is 0 Å². The Morgan fingerprint density at radius 2 is 2.19 bits per heavy atom. The number of hydrogen-bond donors (Lipinski definition) is 0. The first-order valence-corrected chi connectivity index (χ1v) is 5.49.